The van der Waals surface area contributed by atoms with Crippen molar-refractivity contribution in [3.8, 4) is 0 Å². The molecular weight excluding hydrogens is 336 g/mol. The summed E-state index contributed by atoms with van der Waals surface area (Å²) in [5.41, 5.74) is 1.87. The molecule has 3 rings (SSSR count). The highest BCUT2D eigenvalue weighted by Crippen LogP contribution is 2.26. The molecule has 3 aromatic rings. The first-order valence-electron chi connectivity index (χ1n) is 7.72. The van der Waals surface area contributed by atoms with Gasteiger partial charge in [-0.1, -0.05) is 36.4 Å². The monoisotopic (exact) mass is 354 g/mol. The molecule has 1 atom stereocenters. The normalized spacial score (nSPS) is 12.6. The first-order valence-corrected chi connectivity index (χ1v) is 9.16. The van der Waals surface area contributed by atoms with Crippen molar-refractivity contribution in [2.75, 3.05) is 11.4 Å². The van der Waals surface area contributed by atoms with E-state index in [1.54, 1.807) is 79.1 Å². The Kier molecular flexibility index (Phi) is 4.83. The predicted octanol–water partition coefficient (Wildman–Crippen LogP) is 2.99. The van der Waals surface area contributed by atoms with Crippen LogP contribution in [0.1, 0.15) is 17.2 Å². The van der Waals surface area contributed by atoms with Crippen LogP contribution < -0.4 is 4.31 Å². The molecule has 0 bridgehead atoms. The molecule has 128 valence electrons. The minimum Gasteiger partial charge on any atom is -0.384 e. The van der Waals surface area contributed by atoms with Crippen LogP contribution in [0, 0.1) is 0 Å². The standard InChI is InChI=1S/C19H18N2O3S/c1-21(25(23,24)18-7-3-2-4-8-18)17-11-9-15(10-12-17)19(22)16-6-5-13-20-14-16/h2-14,19,22H,1H3. The van der Waals surface area contributed by atoms with Gasteiger partial charge in [-0.25, -0.2) is 8.42 Å². The summed E-state index contributed by atoms with van der Waals surface area (Å²) in [6.07, 6.45) is 2.44. The van der Waals surface area contributed by atoms with E-state index < -0.39 is 16.1 Å². The number of aliphatic hydroxyl groups excluding tert-OH is 1. The molecule has 1 aromatic heterocycles. The van der Waals surface area contributed by atoms with Crippen LogP contribution in [0.3, 0.4) is 0 Å². The lowest BCUT2D eigenvalue weighted by Crippen LogP contribution is -2.26. The fourth-order valence-corrected chi connectivity index (χ4v) is 3.70. The quantitative estimate of drug-likeness (QED) is 0.765. The molecule has 5 nitrogen and oxygen atoms in total. The molecule has 1 unspecified atom stereocenters. The van der Waals surface area contributed by atoms with Crippen molar-refractivity contribution in [3.05, 3.63) is 90.3 Å². The number of nitrogens with zero attached hydrogens (tertiary/aromatic N) is 2. The van der Waals surface area contributed by atoms with E-state index in [2.05, 4.69) is 4.98 Å². The van der Waals surface area contributed by atoms with E-state index in [1.165, 1.54) is 11.4 Å². The molecule has 1 N–H and O–H groups in total. The second-order valence-electron chi connectivity index (χ2n) is 5.57. The Labute approximate surface area is 147 Å². The molecule has 2 aromatic carbocycles. The van der Waals surface area contributed by atoms with Gasteiger partial charge in [0, 0.05) is 25.0 Å². The molecule has 0 radical (unpaired) electrons. The number of pyridine rings is 1. The molecule has 0 spiro atoms. The van der Waals surface area contributed by atoms with Crippen molar-refractivity contribution in [2.24, 2.45) is 0 Å². The minimum atomic E-state index is -3.62. The van der Waals surface area contributed by atoms with Crippen LogP contribution >= 0.6 is 0 Å². The Morgan fingerprint density at radius 2 is 1.60 bits per heavy atom. The third-order valence-electron chi connectivity index (χ3n) is 3.97. The van der Waals surface area contributed by atoms with Crippen molar-refractivity contribution < 1.29 is 13.5 Å². The molecule has 0 saturated carbocycles. The first-order chi connectivity index (χ1) is 12.0. The Morgan fingerprint density at radius 1 is 0.920 bits per heavy atom. The average Bonchev–Trinajstić information content (AvgIpc) is 2.68. The van der Waals surface area contributed by atoms with Crippen LogP contribution in [0.15, 0.2) is 84.0 Å². The molecule has 0 aliphatic heterocycles. The van der Waals surface area contributed by atoms with Crippen LogP contribution in [0.4, 0.5) is 5.69 Å². The lowest BCUT2D eigenvalue weighted by Gasteiger charge is -2.20. The maximum absolute atomic E-state index is 12.6. The van der Waals surface area contributed by atoms with E-state index in [0.717, 1.165) is 0 Å². The van der Waals surface area contributed by atoms with E-state index in [9.17, 15) is 13.5 Å². The zero-order valence-electron chi connectivity index (χ0n) is 13.6. The van der Waals surface area contributed by atoms with Gasteiger partial charge < -0.3 is 5.11 Å². The van der Waals surface area contributed by atoms with Crippen molar-refractivity contribution in [3.63, 3.8) is 0 Å². The molecular formula is C19H18N2O3S. The van der Waals surface area contributed by atoms with Crippen LogP contribution in [-0.2, 0) is 10.0 Å². The summed E-state index contributed by atoms with van der Waals surface area (Å²) in [4.78, 5) is 4.23. The van der Waals surface area contributed by atoms with Crippen molar-refractivity contribution in [2.45, 2.75) is 11.0 Å². The predicted molar refractivity (Wildman–Crippen MR) is 96.8 cm³/mol. The van der Waals surface area contributed by atoms with Crippen LogP contribution in [0.25, 0.3) is 0 Å². The summed E-state index contributed by atoms with van der Waals surface area (Å²) in [7, 11) is -2.11. The zero-order chi connectivity index (χ0) is 17.9. The molecule has 0 aliphatic carbocycles. The number of benzene rings is 2. The summed E-state index contributed by atoms with van der Waals surface area (Å²) >= 11 is 0. The Balaban J connectivity index is 1.85. The molecule has 6 heteroatoms. The van der Waals surface area contributed by atoms with Gasteiger partial charge >= 0.3 is 0 Å². The number of hydrogen-bond donors (Lipinski definition) is 1. The van der Waals surface area contributed by atoms with E-state index in [4.69, 9.17) is 0 Å². The molecule has 0 amide bonds. The second kappa shape index (κ2) is 7.04. The van der Waals surface area contributed by atoms with Crippen LogP contribution in [0.5, 0.6) is 0 Å². The van der Waals surface area contributed by atoms with Crippen molar-refractivity contribution >= 4 is 15.7 Å². The fraction of sp³-hybridized carbons (Fsp3) is 0.105. The minimum absolute atomic E-state index is 0.233. The van der Waals surface area contributed by atoms with Gasteiger partial charge in [-0.05, 0) is 35.9 Å². The van der Waals surface area contributed by atoms with Gasteiger partial charge in [0.1, 0.15) is 6.10 Å². The lowest BCUT2D eigenvalue weighted by molar-refractivity contribution is 0.220. The Bertz CT molecular complexity index is 927. The second-order valence-corrected chi connectivity index (χ2v) is 7.54. The van der Waals surface area contributed by atoms with Crippen molar-refractivity contribution in [1.82, 2.24) is 4.98 Å². The summed E-state index contributed by atoms with van der Waals surface area (Å²) in [6, 6.07) is 18.6. The van der Waals surface area contributed by atoms with E-state index in [-0.39, 0.29) is 4.90 Å². The van der Waals surface area contributed by atoms with E-state index in [1.807, 2.05) is 0 Å². The number of rotatable bonds is 5. The number of aromatic nitrogens is 1. The Morgan fingerprint density at radius 3 is 2.20 bits per heavy atom. The molecule has 0 fully saturated rings. The summed E-state index contributed by atoms with van der Waals surface area (Å²) < 4.78 is 26.5. The summed E-state index contributed by atoms with van der Waals surface area (Å²) in [5, 5.41) is 10.4. The van der Waals surface area contributed by atoms with Gasteiger partial charge in [-0.15, -0.1) is 0 Å². The number of sulfonamides is 1. The number of aliphatic hydroxyl groups is 1. The lowest BCUT2D eigenvalue weighted by atomic mass is 10.0. The van der Waals surface area contributed by atoms with Crippen LogP contribution in [-0.4, -0.2) is 25.6 Å². The third-order valence-corrected chi connectivity index (χ3v) is 5.77. The highest BCUT2D eigenvalue weighted by Gasteiger charge is 2.21. The van der Waals surface area contributed by atoms with E-state index in [0.29, 0.717) is 16.8 Å². The average molecular weight is 354 g/mol. The number of anilines is 1. The number of hydrogen-bond acceptors (Lipinski definition) is 4. The Hall–Kier alpha value is -2.70. The molecule has 0 saturated heterocycles. The third kappa shape index (κ3) is 3.55. The molecule has 0 aliphatic rings. The molecule has 1 heterocycles. The van der Waals surface area contributed by atoms with Gasteiger partial charge in [0.25, 0.3) is 10.0 Å². The van der Waals surface area contributed by atoms with Crippen molar-refractivity contribution in [1.29, 1.82) is 0 Å². The highest BCUT2D eigenvalue weighted by molar-refractivity contribution is 7.92. The van der Waals surface area contributed by atoms with E-state index >= 15 is 0 Å². The van der Waals surface area contributed by atoms with Gasteiger partial charge in [0.15, 0.2) is 0 Å². The van der Waals surface area contributed by atoms with Gasteiger partial charge in [0.05, 0.1) is 10.6 Å². The van der Waals surface area contributed by atoms with Gasteiger partial charge in [-0.3, -0.25) is 9.29 Å². The summed E-state index contributed by atoms with van der Waals surface area (Å²) in [5.74, 6) is 0. The first kappa shape index (κ1) is 17.1. The topological polar surface area (TPSA) is 70.5 Å². The smallest absolute Gasteiger partial charge is 0.264 e. The molecule has 25 heavy (non-hydrogen) atoms. The highest BCUT2D eigenvalue weighted by atomic mass is 32.2. The maximum atomic E-state index is 12.6. The summed E-state index contributed by atoms with van der Waals surface area (Å²) in [6.45, 7) is 0. The van der Waals surface area contributed by atoms with Crippen LogP contribution in [0.2, 0.25) is 0 Å². The SMILES string of the molecule is CN(c1ccc(C(O)c2cccnc2)cc1)S(=O)(=O)c1ccccc1. The fourth-order valence-electron chi connectivity index (χ4n) is 2.49. The van der Waals surface area contributed by atoms with Gasteiger partial charge in [0.2, 0.25) is 0 Å². The zero-order valence-corrected chi connectivity index (χ0v) is 14.5. The largest absolute Gasteiger partial charge is 0.384 e. The van der Waals surface area contributed by atoms with Gasteiger partial charge in [-0.2, -0.15) is 0 Å². The maximum Gasteiger partial charge on any atom is 0.264 e.